The number of aromatic amines is 1. The molecule has 4 nitrogen and oxygen atoms in total. The van der Waals surface area contributed by atoms with Gasteiger partial charge in [-0.3, -0.25) is 4.79 Å². The largest absolute Gasteiger partial charge is 0.345 e. The predicted molar refractivity (Wildman–Crippen MR) is 109 cm³/mol. The normalized spacial score (nSPS) is 11.2. The molecule has 0 spiro atoms. The molecule has 8 heteroatoms. The molecule has 0 atom stereocenters. The Labute approximate surface area is 175 Å². The summed E-state index contributed by atoms with van der Waals surface area (Å²) in [4.78, 5) is 21.4. The zero-order valence-corrected chi connectivity index (χ0v) is 16.6. The van der Waals surface area contributed by atoms with Crippen LogP contribution in [0, 0.1) is 23.3 Å². The molecule has 4 aromatic rings. The molecule has 0 unspecified atom stereocenters. The first-order valence-corrected chi connectivity index (χ1v) is 9.38. The highest BCUT2D eigenvalue weighted by molar-refractivity contribution is 6.06. The molecule has 0 aliphatic rings. The zero-order valence-electron chi connectivity index (χ0n) is 16.6. The van der Waals surface area contributed by atoms with Gasteiger partial charge < -0.3 is 9.88 Å². The summed E-state index contributed by atoms with van der Waals surface area (Å²) in [6.07, 6.45) is -0.195. The van der Waals surface area contributed by atoms with Gasteiger partial charge in [0.1, 0.15) is 34.6 Å². The number of amides is 1. The van der Waals surface area contributed by atoms with Crippen molar-refractivity contribution in [2.45, 2.75) is 6.42 Å². The molecule has 3 aromatic carbocycles. The highest BCUT2D eigenvalue weighted by Crippen LogP contribution is 2.30. The van der Waals surface area contributed by atoms with Crippen LogP contribution in [0.5, 0.6) is 0 Å². The van der Waals surface area contributed by atoms with E-state index in [4.69, 9.17) is 0 Å². The van der Waals surface area contributed by atoms with Crippen molar-refractivity contribution in [2.24, 2.45) is 0 Å². The molecule has 31 heavy (non-hydrogen) atoms. The van der Waals surface area contributed by atoms with E-state index in [2.05, 4.69) is 9.97 Å². The second-order valence-electron chi connectivity index (χ2n) is 7.25. The van der Waals surface area contributed by atoms with E-state index in [9.17, 15) is 22.4 Å². The number of H-pyrrole nitrogens is 1. The Kier molecular flexibility index (Phi) is 5.22. The second-order valence-corrected chi connectivity index (χ2v) is 7.25. The van der Waals surface area contributed by atoms with Gasteiger partial charge in [0.15, 0.2) is 0 Å². The Morgan fingerprint density at radius 3 is 2.06 bits per heavy atom. The highest BCUT2D eigenvalue weighted by Gasteiger charge is 2.23. The van der Waals surface area contributed by atoms with Crippen molar-refractivity contribution in [1.29, 1.82) is 0 Å². The lowest BCUT2D eigenvalue weighted by molar-refractivity contribution is 0.0828. The van der Waals surface area contributed by atoms with Crippen LogP contribution < -0.4 is 0 Å². The van der Waals surface area contributed by atoms with Crippen molar-refractivity contribution < 1.29 is 22.4 Å². The van der Waals surface area contributed by atoms with E-state index in [1.54, 1.807) is 12.1 Å². The molecule has 0 bridgehead atoms. The lowest BCUT2D eigenvalue weighted by Gasteiger charge is -2.15. The molecule has 1 N–H and O–H groups in total. The lowest BCUT2D eigenvalue weighted by atomic mass is 9.97. The number of benzene rings is 3. The van der Waals surface area contributed by atoms with Gasteiger partial charge in [0.05, 0.1) is 16.6 Å². The SMILES string of the molecule is CN(C)C(=O)c1c(Cc2c(F)cccc2F)ccc2[nH]c(-c3c(F)cccc3F)nc12. The molecule has 1 amide bonds. The Hall–Kier alpha value is -3.68. The van der Waals surface area contributed by atoms with Crippen molar-refractivity contribution >= 4 is 16.9 Å². The molecule has 4 rings (SSSR count). The summed E-state index contributed by atoms with van der Waals surface area (Å²) in [7, 11) is 3.05. The number of hydrogen-bond acceptors (Lipinski definition) is 2. The first-order chi connectivity index (χ1) is 14.8. The summed E-state index contributed by atoms with van der Waals surface area (Å²) in [5.41, 5.74) is 0.409. The summed E-state index contributed by atoms with van der Waals surface area (Å²) in [6, 6.07) is 10.1. The molecule has 0 fully saturated rings. The molecule has 0 radical (unpaired) electrons. The fourth-order valence-corrected chi connectivity index (χ4v) is 3.46. The Bertz CT molecular complexity index is 1270. The maximum Gasteiger partial charge on any atom is 0.255 e. The van der Waals surface area contributed by atoms with E-state index in [0.29, 0.717) is 11.1 Å². The van der Waals surface area contributed by atoms with Gasteiger partial charge in [-0.15, -0.1) is 0 Å². The minimum Gasteiger partial charge on any atom is -0.345 e. The van der Waals surface area contributed by atoms with Crippen molar-refractivity contribution in [2.75, 3.05) is 14.1 Å². The maximum atomic E-state index is 14.2. The Balaban J connectivity index is 1.94. The van der Waals surface area contributed by atoms with Crippen LogP contribution in [0.1, 0.15) is 21.5 Å². The van der Waals surface area contributed by atoms with E-state index in [0.717, 1.165) is 24.3 Å². The van der Waals surface area contributed by atoms with Crippen molar-refractivity contribution in [3.05, 3.63) is 88.5 Å². The van der Waals surface area contributed by atoms with Crippen molar-refractivity contribution in [3.63, 3.8) is 0 Å². The van der Waals surface area contributed by atoms with E-state index in [-0.39, 0.29) is 34.5 Å². The quantitative estimate of drug-likeness (QED) is 0.462. The van der Waals surface area contributed by atoms with Gasteiger partial charge in [-0.2, -0.15) is 0 Å². The van der Waals surface area contributed by atoms with Crippen LogP contribution in [0.25, 0.3) is 22.4 Å². The van der Waals surface area contributed by atoms with E-state index in [1.807, 2.05) is 0 Å². The van der Waals surface area contributed by atoms with Crippen LogP contribution in [0.15, 0.2) is 48.5 Å². The minimum absolute atomic E-state index is 0.0902. The first kappa shape index (κ1) is 20.6. The molecule has 0 saturated carbocycles. The van der Waals surface area contributed by atoms with Crippen LogP contribution in [-0.4, -0.2) is 34.9 Å². The second kappa shape index (κ2) is 7.86. The monoisotopic (exact) mass is 427 g/mol. The van der Waals surface area contributed by atoms with Gasteiger partial charge in [0, 0.05) is 26.1 Å². The first-order valence-electron chi connectivity index (χ1n) is 9.38. The molecule has 1 heterocycles. The topological polar surface area (TPSA) is 49.0 Å². The van der Waals surface area contributed by atoms with Gasteiger partial charge in [-0.1, -0.05) is 18.2 Å². The Morgan fingerprint density at radius 1 is 0.903 bits per heavy atom. The Morgan fingerprint density at radius 2 is 1.48 bits per heavy atom. The number of carbonyl (C=O) groups is 1. The smallest absolute Gasteiger partial charge is 0.255 e. The van der Waals surface area contributed by atoms with Crippen LogP contribution in [-0.2, 0) is 6.42 Å². The number of carbonyl (C=O) groups excluding carboxylic acids is 1. The van der Waals surface area contributed by atoms with E-state index in [1.165, 1.54) is 31.1 Å². The van der Waals surface area contributed by atoms with Gasteiger partial charge in [0.25, 0.3) is 5.91 Å². The number of nitrogens with zero attached hydrogens (tertiary/aromatic N) is 2. The minimum atomic E-state index is -0.812. The highest BCUT2D eigenvalue weighted by atomic mass is 19.1. The van der Waals surface area contributed by atoms with Crippen LogP contribution in [0.4, 0.5) is 17.6 Å². The summed E-state index contributed by atoms with van der Waals surface area (Å²) in [5, 5.41) is 0. The summed E-state index contributed by atoms with van der Waals surface area (Å²) in [5.74, 6) is -3.64. The zero-order chi connectivity index (χ0) is 22.3. The standard InChI is InChI=1S/C23H17F4N3O/c1-30(2)23(31)19-12(11-13-14(24)5-3-6-15(13)25)9-10-18-21(19)29-22(28-18)20-16(26)7-4-8-17(20)27/h3-10H,11H2,1-2H3,(H,28,29). The van der Waals surface area contributed by atoms with Crippen LogP contribution in [0.3, 0.4) is 0 Å². The van der Waals surface area contributed by atoms with Gasteiger partial charge in [-0.05, 0) is 35.9 Å². The van der Waals surface area contributed by atoms with Gasteiger partial charge in [-0.25, -0.2) is 22.5 Å². The third-order valence-corrected chi connectivity index (χ3v) is 4.99. The van der Waals surface area contributed by atoms with Crippen molar-refractivity contribution in [1.82, 2.24) is 14.9 Å². The molecule has 0 aliphatic carbocycles. The predicted octanol–water partition coefficient (Wildman–Crippen LogP) is 5.08. The number of imidazole rings is 1. The molecule has 0 saturated heterocycles. The molecular weight excluding hydrogens is 410 g/mol. The average molecular weight is 427 g/mol. The average Bonchev–Trinajstić information content (AvgIpc) is 3.13. The van der Waals surface area contributed by atoms with Crippen LogP contribution >= 0.6 is 0 Å². The maximum absolute atomic E-state index is 14.2. The third-order valence-electron chi connectivity index (χ3n) is 4.99. The summed E-state index contributed by atoms with van der Waals surface area (Å²) in [6.45, 7) is 0. The fraction of sp³-hybridized carbons (Fsp3) is 0.130. The van der Waals surface area contributed by atoms with E-state index >= 15 is 0 Å². The number of rotatable bonds is 4. The number of halogens is 4. The summed E-state index contributed by atoms with van der Waals surface area (Å²) >= 11 is 0. The molecule has 158 valence electrons. The lowest BCUT2D eigenvalue weighted by Crippen LogP contribution is -2.23. The number of fused-ring (bicyclic) bond motifs is 1. The number of nitrogens with one attached hydrogen (secondary N) is 1. The number of hydrogen-bond donors (Lipinski definition) is 1. The third kappa shape index (κ3) is 3.65. The molecular formula is C23H17F4N3O. The summed E-state index contributed by atoms with van der Waals surface area (Å²) < 4.78 is 56.9. The molecule has 0 aliphatic heterocycles. The molecule has 1 aromatic heterocycles. The number of aromatic nitrogens is 2. The van der Waals surface area contributed by atoms with Crippen molar-refractivity contribution in [3.8, 4) is 11.4 Å². The van der Waals surface area contributed by atoms with Gasteiger partial charge in [0.2, 0.25) is 0 Å². The van der Waals surface area contributed by atoms with Crippen LogP contribution in [0.2, 0.25) is 0 Å². The fourth-order valence-electron chi connectivity index (χ4n) is 3.46. The van der Waals surface area contributed by atoms with E-state index < -0.39 is 29.2 Å². The van der Waals surface area contributed by atoms with Gasteiger partial charge >= 0.3 is 0 Å².